The number of carbonyl (C=O) groups excluding carboxylic acids is 2. The minimum Gasteiger partial charge on any atom is -0.469 e. The third-order valence-electron chi connectivity index (χ3n) is 5.34. The molecule has 0 unspecified atom stereocenters. The zero-order valence-electron chi connectivity index (χ0n) is 13.0. The minimum absolute atomic E-state index is 0.0120. The van der Waals surface area contributed by atoms with Crippen LogP contribution in [0.3, 0.4) is 0 Å². The van der Waals surface area contributed by atoms with Gasteiger partial charge in [-0.05, 0) is 37.5 Å². The van der Waals surface area contributed by atoms with Gasteiger partial charge in [0.05, 0.1) is 19.6 Å². The van der Waals surface area contributed by atoms with Crippen molar-refractivity contribution in [2.24, 2.45) is 5.41 Å². The number of methoxy groups -OCH3 is 1. The summed E-state index contributed by atoms with van der Waals surface area (Å²) in [5, 5.41) is 9.35. The van der Waals surface area contributed by atoms with Gasteiger partial charge in [0.1, 0.15) is 5.54 Å². The number of esters is 1. The molecule has 0 atom stereocenters. The smallest absolute Gasteiger partial charge is 0.306 e. The maximum absolute atomic E-state index is 12.6. The first-order valence-corrected chi connectivity index (χ1v) is 7.72. The van der Waals surface area contributed by atoms with E-state index in [9.17, 15) is 14.9 Å². The summed E-state index contributed by atoms with van der Waals surface area (Å²) in [4.78, 5) is 25.9. The van der Waals surface area contributed by atoms with Crippen molar-refractivity contribution in [3.63, 3.8) is 0 Å². The molecule has 21 heavy (non-hydrogen) atoms. The highest BCUT2D eigenvalue weighted by atomic mass is 16.5. The standard InChI is InChI=1S/C16H24N2O3/c1-18(16(12-17)8-5-9-16)13(19)10-15(6-3-4-7-15)11-14(20)21-2/h3-11H2,1-2H3. The van der Waals surface area contributed by atoms with E-state index in [-0.39, 0.29) is 17.3 Å². The Morgan fingerprint density at radius 2 is 1.76 bits per heavy atom. The monoisotopic (exact) mass is 292 g/mol. The first-order valence-electron chi connectivity index (χ1n) is 7.72. The largest absolute Gasteiger partial charge is 0.469 e. The fourth-order valence-corrected chi connectivity index (χ4v) is 3.63. The Labute approximate surface area is 126 Å². The molecule has 0 aromatic carbocycles. The van der Waals surface area contributed by atoms with Crippen LogP contribution in [-0.4, -0.2) is 36.5 Å². The van der Waals surface area contributed by atoms with Crippen molar-refractivity contribution in [2.45, 2.75) is 63.3 Å². The second kappa shape index (κ2) is 6.05. The SMILES string of the molecule is COC(=O)CC1(CC(=O)N(C)C2(C#N)CCC2)CCCC1. The molecule has 0 radical (unpaired) electrons. The van der Waals surface area contributed by atoms with Gasteiger partial charge in [0.25, 0.3) is 0 Å². The van der Waals surface area contributed by atoms with Crippen molar-refractivity contribution >= 4 is 11.9 Å². The molecule has 0 spiro atoms. The van der Waals surface area contributed by atoms with E-state index in [0.29, 0.717) is 12.8 Å². The molecule has 1 amide bonds. The predicted octanol–water partition coefficient (Wildman–Crippen LogP) is 2.40. The second-order valence-corrected chi connectivity index (χ2v) is 6.59. The highest BCUT2D eigenvalue weighted by Crippen LogP contribution is 2.46. The van der Waals surface area contributed by atoms with Crippen LogP contribution in [0.1, 0.15) is 57.8 Å². The minimum atomic E-state index is -0.609. The van der Waals surface area contributed by atoms with Crippen molar-refractivity contribution in [2.75, 3.05) is 14.2 Å². The van der Waals surface area contributed by atoms with E-state index in [1.165, 1.54) is 7.11 Å². The fraction of sp³-hybridized carbons (Fsp3) is 0.812. The van der Waals surface area contributed by atoms with Gasteiger partial charge in [-0.1, -0.05) is 12.8 Å². The van der Waals surface area contributed by atoms with E-state index in [4.69, 9.17) is 4.74 Å². The van der Waals surface area contributed by atoms with Gasteiger partial charge in [0, 0.05) is 13.5 Å². The van der Waals surface area contributed by atoms with Gasteiger partial charge in [-0.2, -0.15) is 5.26 Å². The number of amides is 1. The number of carbonyl (C=O) groups is 2. The van der Waals surface area contributed by atoms with Gasteiger partial charge in [0.15, 0.2) is 0 Å². The maximum Gasteiger partial charge on any atom is 0.306 e. The highest BCUT2D eigenvalue weighted by molar-refractivity contribution is 5.79. The number of rotatable bonds is 5. The lowest BCUT2D eigenvalue weighted by molar-refractivity contribution is -0.145. The average Bonchev–Trinajstić information content (AvgIpc) is 2.86. The summed E-state index contributed by atoms with van der Waals surface area (Å²) in [6.07, 6.45) is 7.06. The number of hydrogen-bond acceptors (Lipinski definition) is 4. The molecule has 2 fully saturated rings. The van der Waals surface area contributed by atoms with Gasteiger partial charge >= 0.3 is 5.97 Å². The number of ether oxygens (including phenoxy) is 1. The zero-order valence-corrected chi connectivity index (χ0v) is 13.0. The van der Waals surface area contributed by atoms with Crippen LogP contribution in [0.2, 0.25) is 0 Å². The molecule has 5 heteroatoms. The summed E-state index contributed by atoms with van der Waals surface area (Å²) >= 11 is 0. The third kappa shape index (κ3) is 3.04. The molecule has 0 bridgehead atoms. The summed E-state index contributed by atoms with van der Waals surface area (Å²) in [5.74, 6) is -0.256. The Morgan fingerprint density at radius 3 is 2.19 bits per heavy atom. The van der Waals surface area contributed by atoms with E-state index in [0.717, 1.165) is 44.9 Å². The summed E-state index contributed by atoms with van der Waals surface area (Å²) in [6, 6.07) is 2.30. The van der Waals surface area contributed by atoms with Crippen LogP contribution in [-0.2, 0) is 14.3 Å². The van der Waals surface area contributed by atoms with Gasteiger partial charge in [0.2, 0.25) is 5.91 Å². The molecule has 2 rings (SSSR count). The van der Waals surface area contributed by atoms with Crippen LogP contribution in [0.4, 0.5) is 0 Å². The molecule has 0 saturated heterocycles. The van der Waals surface area contributed by atoms with Crippen molar-refractivity contribution in [3.05, 3.63) is 0 Å². The van der Waals surface area contributed by atoms with E-state index in [1.807, 2.05) is 0 Å². The van der Waals surface area contributed by atoms with Crippen molar-refractivity contribution in [1.82, 2.24) is 4.90 Å². The van der Waals surface area contributed by atoms with Crippen LogP contribution in [0.15, 0.2) is 0 Å². The molecule has 0 heterocycles. The first-order chi connectivity index (χ1) is 9.97. The lowest BCUT2D eigenvalue weighted by atomic mass is 9.75. The Hall–Kier alpha value is -1.57. The predicted molar refractivity (Wildman–Crippen MR) is 77.1 cm³/mol. The van der Waals surface area contributed by atoms with E-state index >= 15 is 0 Å². The molecule has 2 aliphatic rings. The Bertz CT molecular complexity index is 457. The van der Waals surface area contributed by atoms with Gasteiger partial charge in [-0.15, -0.1) is 0 Å². The second-order valence-electron chi connectivity index (χ2n) is 6.59. The zero-order chi connectivity index (χ0) is 15.5. The molecule has 5 nitrogen and oxygen atoms in total. The van der Waals surface area contributed by atoms with E-state index in [2.05, 4.69) is 6.07 Å². The quantitative estimate of drug-likeness (QED) is 0.730. The fourth-order valence-electron chi connectivity index (χ4n) is 3.63. The van der Waals surface area contributed by atoms with Crippen LogP contribution < -0.4 is 0 Å². The van der Waals surface area contributed by atoms with Crippen LogP contribution in [0, 0.1) is 16.7 Å². The van der Waals surface area contributed by atoms with Gasteiger partial charge < -0.3 is 9.64 Å². The Morgan fingerprint density at radius 1 is 1.14 bits per heavy atom. The van der Waals surface area contributed by atoms with E-state index < -0.39 is 5.54 Å². The Balaban J connectivity index is 2.05. The van der Waals surface area contributed by atoms with E-state index in [1.54, 1.807) is 11.9 Å². The summed E-state index contributed by atoms with van der Waals surface area (Å²) in [5.41, 5.74) is -0.874. The van der Waals surface area contributed by atoms with Gasteiger partial charge in [-0.25, -0.2) is 0 Å². The molecule has 0 aromatic rings. The molecule has 2 saturated carbocycles. The lowest BCUT2D eigenvalue weighted by Crippen LogP contribution is -2.54. The molecule has 0 aromatic heterocycles. The van der Waals surface area contributed by atoms with Gasteiger partial charge in [-0.3, -0.25) is 9.59 Å². The topological polar surface area (TPSA) is 70.4 Å². The molecule has 0 N–H and O–H groups in total. The van der Waals surface area contributed by atoms with Crippen LogP contribution in [0.5, 0.6) is 0 Å². The average molecular weight is 292 g/mol. The number of nitriles is 1. The van der Waals surface area contributed by atoms with Crippen molar-refractivity contribution in [3.8, 4) is 6.07 Å². The normalized spacial score (nSPS) is 22.0. The molecule has 2 aliphatic carbocycles. The summed E-state index contributed by atoms with van der Waals surface area (Å²) < 4.78 is 4.78. The summed E-state index contributed by atoms with van der Waals surface area (Å²) in [7, 11) is 3.11. The molecule has 116 valence electrons. The molecule has 0 aliphatic heterocycles. The lowest BCUT2D eigenvalue weighted by Gasteiger charge is -2.44. The number of hydrogen-bond donors (Lipinski definition) is 0. The first kappa shape index (κ1) is 15.8. The van der Waals surface area contributed by atoms with Crippen molar-refractivity contribution in [1.29, 1.82) is 5.26 Å². The Kier molecular flexibility index (Phi) is 4.55. The highest BCUT2D eigenvalue weighted by Gasteiger charge is 2.46. The van der Waals surface area contributed by atoms with Crippen molar-refractivity contribution < 1.29 is 14.3 Å². The maximum atomic E-state index is 12.6. The molecular formula is C16H24N2O3. The third-order valence-corrected chi connectivity index (χ3v) is 5.34. The van der Waals surface area contributed by atoms with Crippen LogP contribution in [0.25, 0.3) is 0 Å². The van der Waals surface area contributed by atoms with Crippen LogP contribution >= 0.6 is 0 Å². The molecular weight excluding hydrogens is 268 g/mol. The number of nitrogens with zero attached hydrogens (tertiary/aromatic N) is 2. The summed E-state index contributed by atoms with van der Waals surface area (Å²) in [6.45, 7) is 0.